The Morgan fingerprint density at radius 1 is 1.47 bits per heavy atom. The predicted molar refractivity (Wildman–Crippen MR) is 64.1 cm³/mol. The maximum Gasteiger partial charge on any atom is 0.150 e. The van der Waals surface area contributed by atoms with Gasteiger partial charge in [0.2, 0.25) is 0 Å². The van der Waals surface area contributed by atoms with Crippen molar-refractivity contribution in [2.24, 2.45) is 0 Å². The summed E-state index contributed by atoms with van der Waals surface area (Å²) in [4.78, 5) is 8.04. The minimum atomic E-state index is 0.389. The number of nitrogens with two attached hydrogens (primary N) is 1. The van der Waals surface area contributed by atoms with E-state index in [1.165, 1.54) is 0 Å². The van der Waals surface area contributed by atoms with Crippen molar-refractivity contribution in [2.45, 2.75) is 6.54 Å². The van der Waals surface area contributed by atoms with E-state index in [9.17, 15) is 0 Å². The van der Waals surface area contributed by atoms with Crippen molar-refractivity contribution in [1.82, 2.24) is 14.5 Å². The molecule has 86 valence electrons. The molecule has 2 aromatic rings. The summed E-state index contributed by atoms with van der Waals surface area (Å²) in [6.07, 6.45) is 6.91. The zero-order chi connectivity index (χ0) is 12.1. The van der Waals surface area contributed by atoms with Crippen molar-refractivity contribution in [2.75, 3.05) is 17.6 Å². The average Bonchev–Trinajstić information content (AvgIpc) is 2.84. The fraction of sp³-hybridized carbons (Fsp3) is 0.182. The van der Waals surface area contributed by atoms with Crippen LogP contribution in [-0.2, 0) is 6.54 Å². The zero-order valence-corrected chi connectivity index (χ0v) is 9.17. The first kappa shape index (κ1) is 11.0. The van der Waals surface area contributed by atoms with E-state index in [0.717, 1.165) is 6.54 Å². The smallest absolute Gasteiger partial charge is 0.150 e. The molecule has 0 aliphatic rings. The van der Waals surface area contributed by atoms with Crippen LogP contribution in [-0.4, -0.2) is 21.1 Å². The third kappa shape index (κ3) is 2.52. The van der Waals surface area contributed by atoms with Gasteiger partial charge in [-0.3, -0.25) is 0 Å². The number of anilines is 2. The highest BCUT2D eigenvalue weighted by molar-refractivity contribution is 5.68. The van der Waals surface area contributed by atoms with E-state index in [1.807, 2.05) is 16.8 Å². The summed E-state index contributed by atoms with van der Waals surface area (Å²) in [6, 6.07) is 3.61. The van der Waals surface area contributed by atoms with Crippen LogP contribution in [0.4, 0.5) is 11.5 Å². The number of nitrogens with one attached hydrogen (secondary N) is 1. The molecule has 0 aliphatic heterocycles. The van der Waals surface area contributed by atoms with Crippen molar-refractivity contribution >= 4 is 11.5 Å². The molecule has 3 N–H and O–H groups in total. The lowest BCUT2D eigenvalue weighted by molar-refractivity contribution is 0.725. The monoisotopic (exact) mass is 228 g/mol. The van der Waals surface area contributed by atoms with Crippen molar-refractivity contribution in [1.29, 1.82) is 5.26 Å². The molecule has 0 unspecified atom stereocenters. The predicted octanol–water partition coefficient (Wildman–Crippen LogP) is 0.844. The Morgan fingerprint density at radius 3 is 3.06 bits per heavy atom. The number of rotatable bonds is 4. The number of aromatic nitrogens is 3. The average molecular weight is 228 g/mol. The molecular weight excluding hydrogens is 216 g/mol. The highest BCUT2D eigenvalue weighted by Gasteiger charge is 2.04. The van der Waals surface area contributed by atoms with Crippen LogP contribution in [0.15, 0.2) is 31.0 Å². The van der Waals surface area contributed by atoms with Gasteiger partial charge in [0.25, 0.3) is 0 Å². The molecule has 0 bridgehead atoms. The van der Waals surface area contributed by atoms with Crippen LogP contribution < -0.4 is 11.1 Å². The Kier molecular flexibility index (Phi) is 3.21. The highest BCUT2D eigenvalue weighted by atomic mass is 15.1. The van der Waals surface area contributed by atoms with Crippen LogP contribution in [0.5, 0.6) is 0 Å². The summed E-state index contributed by atoms with van der Waals surface area (Å²) in [7, 11) is 0. The molecule has 0 amide bonds. The summed E-state index contributed by atoms with van der Waals surface area (Å²) < 4.78 is 1.94. The third-order valence-electron chi connectivity index (χ3n) is 2.33. The molecule has 2 aromatic heterocycles. The van der Waals surface area contributed by atoms with E-state index in [2.05, 4.69) is 15.3 Å². The molecule has 0 saturated heterocycles. The lowest BCUT2D eigenvalue weighted by atomic mass is 10.2. The normalized spacial score (nSPS) is 9.82. The second-order valence-electron chi connectivity index (χ2n) is 3.46. The molecule has 2 rings (SSSR count). The van der Waals surface area contributed by atoms with Crippen molar-refractivity contribution < 1.29 is 0 Å². The number of pyridine rings is 1. The number of nitrogens with zero attached hydrogens (tertiary/aromatic N) is 4. The van der Waals surface area contributed by atoms with E-state index >= 15 is 0 Å². The summed E-state index contributed by atoms with van der Waals surface area (Å²) in [5, 5.41) is 11.9. The van der Waals surface area contributed by atoms with Crippen LogP contribution in [0.2, 0.25) is 0 Å². The number of imidazole rings is 1. The van der Waals surface area contributed by atoms with Gasteiger partial charge < -0.3 is 15.6 Å². The number of nitriles is 1. The van der Waals surface area contributed by atoms with Gasteiger partial charge in [-0.15, -0.1) is 0 Å². The second kappa shape index (κ2) is 4.99. The largest absolute Gasteiger partial charge is 0.395 e. The van der Waals surface area contributed by atoms with Gasteiger partial charge in [-0.25, -0.2) is 9.97 Å². The SMILES string of the molecule is N#Cc1ccnc(NCCn2ccnc2)c1N. The maximum absolute atomic E-state index is 8.82. The lowest BCUT2D eigenvalue weighted by Gasteiger charge is -2.09. The molecule has 0 aliphatic carbocycles. The molecule has 0 fully saturated rings. The van der Waals surface area contributed by atoms with E-state index in [1.54, 1.807) is 24.8 Å². The first-order valence-corrected chi connectivity index (χ1v) is 5.15. The Bertz CT molecular complexity index is 525. The molecule has 2 heterocycles. The van der Waals surface area contributed by atoms with Gasteiger partial charge in [0.05, 0.1) is 17.6 Å². The topological polar surface area (TPSA) is 92.5 Å². The Labute approximate surface area is 98.7 Å². The van der Waals surface area contributed by atoms with E-state index < -0.39 is 0 Å². The molecule has 0 aromatic carbocycles. The van der Waals surface area contributed by atoms with E-state index in [-0.39, 0.29) is 0 Å². The van der Waals surface area contributed by atoms with Crippen molar-refractivity contribution in [3.05, 3.63) is 36.5 Å². The summed E-state index contributed by atoms with van der Waals surface area (Å²) in [5.74, 6) is 0.546. The highest BCUT2D eigenvalue weighted by Crippen LogP contribution is 2.18. The van der Waals surface area contributed by atoms with Gasteiger partial charge in [0, 0.05) is 31.7 Å². The summed E-state index contributed by atoms with van der Waals surface area (Å²) in [5.41, 5.74) is 6.61. The Hall–Kier alpha value is -2.55. The van der Waals surface area contributed by atoms with E-state index in [4.69, 9.17) is 11.0 Å². The number of nitrogen functional groups attached to an aromatic ring is 1. The molecule has 0 spiro atoms. The van der Waals surface area contributed by atoms with Gasteiger partial charge in [-0.1, -0.05) is 0 Å². The minimum absolute atomic E-state index is 0.389. The van der Waals surface area contributed by atoms with Gasteiger partial charge in [-0.2, -0.15) is 5.26 Å². The number of hydrogen-bond acceptors (Lipinski definition) is 5. The minimum Gasteiger partial charge on any atom is -0.395 e. The van der Waals surface area contributed by atoms with Crippen LogP contribution in [0.1, 0.15) is 5.56 Å². The molecule has 6 heteroatoms. The third-order valence-corrected chi connectivity index (χ3v) is 2.33. The van der Waals surface area contributed by atoms with Crippen LogP contribution in [0.3, 0.4) is 0 Å². The molecule has 0 radical (unpaired) electrons. The van der Waals surface area contributed by atoms with Crippen LogP contribution in [0.25, 0.3) is 0 Å². The fourth-order valence-electron chi connectivity index (χ4n) is 1.43. The lowest BCUT2D eigenvalue weighted by Crippen LogP contribution is -2.12. The Balaban J connectivity index is 1.98. The standard InChI is InChI=1S/C11H12N6/c12-7-9-1-2-15-11(10(9)13)16-4-6-17-5-3-14-8-17/h1-3,5,8H,4,6,13H2,(H,15,16). The first-order chi connectivity index (χ1) is 8.31. The molecule has 6 nitrogen and oxygen atoms in total. The zero-order valence-electron chi connectivity index (χ0n) is 9.17. The Morgan fingerprint density at radius 2 is 2.35 bits per heavy atom. The molecule has 0 atom stereocenters. The number of hydrogen-bond donors (Lipinski definition) is 2. The van der Waals surface area contributed by atoms with Gasteiger partial charge >= 0.3 is 0 Å². The summed E-state index contributed by atoms with van der Waals surface area (Å²) in [6.45, 7) is 1.43. The van der Waals surface area contributed by atoms with Crippen LogP contribution >= 0.6 is 0 Å². The molecule has 17 heavy (non-hydrogen) atoms. The van der Waals surface area contributed by atoms with Gasteiger partial charge in [0.15, 0.2) is 5.82 Å². The fourth-order valence-corrected chi connectivity index (χ4v) is 1.43. The van der Waals surface area contributed by atoms with Crippen molar-refractivity contribution in [3.8, 4) is 6.07 Å². The van der Waals surface area contributed by atoms with Gasteiger partial charge in [0.1, 0.15) is 6.07 Å². The van der Waals surface area contributed by atoms with E-state index in [0.29, 0.717) is 23.6 Å². The summed E-state index contributed by atoms with van der Waals surface area (Å²) >= 11 is 0. The second-order valence-corrected chi connectivity index (χ2v) is 3.46. The van der Waals surface area contributed by atoms with Crippen LogP contribution in [0, 0.1) is 11.3 Å². The van der Waals surface area contributed by atoms with Gasteiger partial charge in [-0.05, 0) is 6.07 Å². The quantitative estimate of drug-likeness (QED) is 0.809. The first-order valence-electron chi connectivity index (χ1n) is 5.15. The molecule has 0 saturated carbocycles. The maximum atomic E-state index is 8.82. The van der Waals surface area contributed by atoms with Crippen molar-refractivity contribution in [3.63, 3.8) is 0 Å². The molecular formula is C11H12N6.